The second-order valence-electron chi connectivity index (χ2n) is 5.60. The standard InChI is InChI=1S/C12H25NO/c1-10-8-13(12(2,3)4)7-6-11(10)9-14-5/h10-11H,6-9H2,1-5H3. The van der Waals surface area contributed by atoms with Gasteiger partial charge in [-0.05, 0) is 45.6 Å². The van der Waals surface area contributed by atoms with Crippen molar-refractivity contribution in [3.63, 3.8) is 0 Å². The number of likely N-dealkylation sites (tertiary alicyclic amines) is 1. The number of methoxy groups -OCH3 is 1. The van der Waals surface area contributed by atoms with E-state index in [9.17, 15) is 0 Å². The molecular weight excluding hydrogens is 174 g/mol. The van der Waals surface area contributed by atoms with Gasteiger partial charge in [0.25, 0.3) is 0 Å². The summed E-state index contributed by atoms with van der Waals surface area (Å²) in [5.41, 5.74) is 0.326. The zero-order valence-corrected chi connectivity index (χ0v) is 10.3. The van der Waals surface area contributed by atoms with E-state index in [1.54, 1.807) is 0 Å². The third kappa shape index (κ3) is 2.96. The Hall–Kier alpha value is -0.0800. The number of piperidine rings is 1. The Morgan fingerprint density at radius 3 is 2.43 bits per heavy atom. The summed E-state index contributed by atoms with van der Waals surface area (Å²) in [6, 6.07) is 0. The maximum absolute atomic E-state index is 5.25. The topological polar surface area (TPSA) is 12.5 Å². The van der Waals surface area contributed by atoms with Crippen molar-refractivity contribution >= 4 is 0 Å². The van der Waals surface area contributed by atoms with Gasteiger partial charge >= 0.3 is 0 Å². The van der Waals surface area contributed by atoms with Gasteiger partial charge in [-0.15, -0.1) is 0 Å². The quantitative estimate of drug-likeness (QED) is 0.677. The van der Waals surface area contributed by atoms with Crippen molar-refractivity contribution in [1.29, 1.82) is 0 Å². The Kier molecular flexibility index (Phi) is 3.96. The molecule has 0 N–H and O–H groups in total. The van der Waals surface area contributed by atoms with E-state index in [2.05, 4.69) is 32.6 Å². The minimum absolute atomic E-state index is 0.326. The number of hydrogen-bond donors (Lipinski definition) is 0. The summed E-state index contributed by atoms with van der Waals surface area (Å²) >= 11 is 0. The number of nitrogens with zero attached hydrogens (tertiary/aromatic N) is 1. The van der Waals surface area contributed by atoms with Crippen LogP contribution in [-0.2, 0) is 4.74 Å². The van der Waals surface area contributed by atoms with Crippen LogP contribution in [-0.4, -0.2) is 37.2 Å². The molecule has 0 radical (unpaired) electrons. The molecule has 0 aliphatic carbocycles. The highest BCUT2D eigenvalue weighted by Crippen LogP contribution is 2.27. The van der Waals surface area contributed by atoms with E-state index in [1.807, 2.05) is 7.11 Å². The molecule has 0 bridgehead atoms. The van der Waals surface area contributed by atoms with Crippen LogP contribution in [0.2, 0.25) is 0 Å². The molecule has 2 heteroatoms. The van der Waals surface area contributed by atoms with Crippen molar-refractivity contribution in [2.75, 3.05) is 26.8 Å². The first-order valence-electron chi connectivity index (χ1n) is 5.69. The summed E-state index contributed by atoms with van der Waals surface area (Å²) in [4.78, 5) is 2.59. The summed E-state index contributed by atoms with van der Waals surface area (Å²) < 4.78 is 5.25. The van der Waals surface area contributed by atoms with Crippen LogP contribution in [0.25, 0.3) is 0 Å². The number of hydrogen-bond acceptors (Lipinski definition) is 2. The summed E-state index contributed by atoms with van der Waals surface area (Å²) in [6.07, 6.45) is 1.28. The van der Waals surface area contributed by atoms with E-state index in [0.29, 0.717) is 5.54 Å². The molecule has 1 aliphatic rings. The fourth-order valence-corrected chi connectivity index (χ4v) is 2.27. The molecule has 0 aromatic rings. The Labute approximate surface area is 88.6 Å². The van der Waals surface area contributed by atoms with Gasteiger partial charge in [0.2, 0.25) is 0 Å². The summed E-state index contributed by atoms with van der Waals surface area (Å²) in [6.45, 7) is 12.6. The molecule has 0 spiro atoms. The van der Waals surface area contributed by atoms with E-state index in [1.165, 1.54) is 19.5 Å². The van der Waals surface area contributed by atoms with E-state index in [-0.39, 0.29) is 0 Å². The molecule has 0 saturated carbocycles. The average molecular weight is 199 g/mol. The SMILES string of the molecule is COCC1CCN(C(C)(C)C)CC1C. The van der Waals surface area contributed by atoms with Crippen LogP contribution in [0.4, 0.5) is 0 Å². The lowest BCUT2D eigenvalue weighted by molar-refractivity contribution is 0.0213. The van der Waals surface area contributed by atoms with Crippen LogP contribution in [0.1, 0.15) is 34.1 Å². The highest BCUT2D eigenvalue weighted by atomic mass is 16.5. The molecule has 2 nitrogen and oxygen atoms in total. The van der Waals surface area contributed by atoms with Crippen molar-refractivity contribution in [3.8, 4) is 0 Å². The molecule has 2 unspecified atom stereocenters. The molecule has 14 heavy (non-hydrogen) atoms. The summed E-state index contributed by atoms with van der Waals surface area (Å²) in [5, 5.41) is 0. The fourth-order valence-electron chi connectivity index (χ4n) is 2.27. The smallest absolute Gasteiger partial charge is 0.0493 e. The Balaban J connectivity index is 2.46. The Morgan fingerprint density at radius 2 is 2.00 bits per heavy atom. The monoisotopic (exact) mass is 199 g/mol. The molecule has 1 fully saturated rings. The van der Waals surface area contributed by atoms with Gasteiger partial charge in [-0.2, -0.15) is 0 Å². The first-order chi connectivity index (χ1) is 6.45. The van der Waals surface area contributed by atoms with E-state index in [4.69, 9.17) is 4.74 Å². The number of rotatable bonds is 2. The first-order valence-corrected chi connectivity index (χ1v) is 5.69. The second kappa shape index (κ2) is 4.63. The van der Waals surface area contributed by atoms with Gasteiger partial charge in [0.05, 0.1) is 0 Å². The van der Waals surface area contributed by atoms with Gasteiger partial charge < -0.3 is 4.74 Å². The third-order valence-electron chi connectivity index (χ3n) is 3.41. The Bertz CT molecular complexity index is 174. The van der Waals surface area contributed by atoms with E-state index in [0.717, 1.165) is 18.4 Å². The maximum atomic E-state index is 5.25. The lowest BCUT2D eigenvalue weighted by Crippen LogP contribution is -2.49. The average Bonchev–Trinajstić information content (AvgIpc) is 2.07. The lowest BCUT2D eigenvalue weighted by Gasteiger charge is -2.43. The van der Waals surface area contributed by atoms with Crippen molar-refractivity contribution in [1.82, 2.24) is 4.90 Å². The Morgan fingerprint density at radius 1 is 1.36 bits per heavy atom. The van der Waals surface area contributed by atoms with Crippen molar-refractivity contribution in [2.24, 2.45) is 11.8 Å². The zero-order valence-electron chi connectivity index (χ0n) is 10.3. The van der Waals surface area contributed by atoms with Crippen LogP contribution in [0.3, 0.4) is 0 Å². The number of ether oxygens (including phenoxy) is 1. The summed E-state index contributed by atoms with van der Waals surface area (Å²) in [5.74, 6) is 1.53. The van der Waals surface area contributed by atoms with E-state index >= 15 is 0 Å². The molecule has 0 aromatic heterocycles. The van der Waals surface area contributed by atoms with Crippen LogP contribution in [0.15, 0.2) is 0 Å². The predicted octanol–water partition coefficient (Wildman–Crippen LogP) is 2.39. The predicted molar refractivity (Wildman–Crippen MR) is 60.5 cm³/mol. The van der Waals surface area contributed by atoms with Crippen LogP contribution < -0.4 is 0 Å². The van der Waals surface area contributed by atoms with Crippen LogP contribution >= 0.6 is 0 Å². The second-order valence-corrected chi connectivity index (χ2v) is 5.60. The molecule has 2 atom stereocenters. The van der Waals surface area contributed by atoms with Crippen LogP contribution in [0, 0.1) is 11.8 Å². The lowest BCUT2D eigenvalue weighted by atomic mass is 9.85. The minimum atomic E-state index is 0.326. The highest BCUT2D eigenvalue weighted by molar-refractivity contribution is 4.84. The first kappa shape index (κ1) is 12.0. The zero-order chi connectivity index (χ0) is 10.8. The van der Waals surface area contributed by atoms with E-state index < -0.39 is 0 Å². The van der Waals surface area contributed by atoms with Gasteiger partial charge in [-0.1, -0.05) is 6.92 Å². The molecule has 1 heterocycles. The van der Waals surface area contributed by atoms with Gasteiger partial charge in [0, 0.05) is 25.8 Å². The fraction of sp³-hybridized carbons (Fsp3) is 1.00. The van der Waals surface area contributed by atoms with Gasteiger partial charge in [-0.3, -0.25) is 4.90 Å². The van der Waals surface area contributed by atoms with Gasteiger partial charge in [0.1, 0.15) is 0 Å². The molecule has 1 saturated heterocycles. The highest BCUT2D eigenvalue weighted by Gasteiger charge is 2.31. The molecule has 0 aromatic carbocycles. The molecule has 1 aliphatic heterocycles. The van der Waals surface area contributed by atoms with Crippen molar-refractivity contribution in [2.45, 2.75) is 39.7 Å². The molecular formula is C12H25NO. The van der Waals surface area contributed by atoms with Crippen molar-refractivity contribution in [3.05, 3.63) is 0 Å². The van der Waals surface area contributed by atoms with Crippen LogP contribution in [0.5, 0.6) is 0 Å². The largest absolute Gasteiger partial charge is 0.384 e. The maximum Gasteiger partial charge on any atom is 0.0493 e. The van der Waals surface area contributed by atoms with Gasteiger partial charge in [0.15, 0.2) is 0 Å². The van der Waals surface area contributed by atoms with Crippen molar-refractivity contribution < 1.29 is 4.74 Å². The molecule has 1 rings (SSSR count). The minimum Gasteiger partial charge on any atom is -0.384 e. The third-order valence-corrected chi connectivity index (χ3v) is 3.41. The molecule has 84 valence electrons. The summed E-state index contributed by atoms with van der Waals surface area (Å²) in [7, 11) is 1.81. The normalized spacial score (nSPS) is 30.6. The molecule has 0 amide bonds. The van der Waals surface area contributed by atoms with Gasteiger partial charge in [-0.25, -0.2) is 0 Å².